The monoisotopic (exact) mass is 184 g/mol. The Bertz CT molecular complexity index is 279. The first-order valence-corrected chi connectivity index (χ1v) is 4.40. The van der Waals surface area contributed by atoms with Crippen LogP contribution in [0.2, 0.25) is 0 Å². The molecule has 1 saturated heterocycles. The number of hydrogen-bond donors (Lipinski definition) is 1. The maximum Gasteiger partial charge on any atom is 0.255 e. The second-order valence-corrected chi connectivity index (χ2v) is 3.17. The van der Waals surface area contributed by atoms with E-state index in [4.69, 9.17) is 14.4 Å². The fraction of sp³-hybridized carbons (Fsp3) is 0.750. The van der Waals surface area contributed by atoms with Crippen molar-refractivity contribution in [2.45, 2.75) is 32.0 Å². The lowest BCUT2D eigenvalue weighted by molar-refractivity contribution is 0.102. The van der Waals surface area contributed by atoms with Crippen molar-refractivity contribution in [2.75, 3.05) is 6.61 Å². The number of ether oxygens (including phenoxy) is 1. The lowest BCUT2D eigenvalue weighted by Gasteiger charge is -2.00. The molecule has 5 nitrogen and oxygen atoms in total. The summed E-state index contributed by atoms with van der Waals surface area (Å²) in [7, 11) is 0. The molecule has 0 amide bonds. The third kappa shape index (κ3) is 1.71. The number of aromatic nitrogens is 2. The summed E-state index contributed by atoms with van der Waals surface area (Å²) < 4.78 is 10.2. The minimum absolute atomic E-state index is 0.0451. The summed E-state index contributed by atoms with van der Waals surface area (Å²) in [4.78, 5) is 4.04. The second kappa shape index (κ2) is 3.43. The zero-order valence-electron chi connectivity index (χ0n) is 7.43. The van der Waals surface area contributed by atoms with Gasteiger partial charge in [-0.15, -0.1) is 0 Å². The molecular weight excluding hydrogens is 172 g/mol. The molecular formula is C8H12N2O3. The minimum Gasteiger partial charge on any atom is -0.384 e. The molecule has 1 aliphatic heterocycles. The summed E-state index contributed by atoms with van der Waals surface area (Å²) in [6, 6.07) is 0. The standard InChI is InChI=1S/C8H12N2O3/c1-5(11)8-9-7(10-13-8)6-3-2-4-12-6/h5-6,11H,2-4H2,1H3/t5-,6?/m0/s1. The normalized spacial score (nSPS) is 24.9. The highest BCUT2D eigenvalue weighted by molar-refractivity contribution is 4.94. The number of aliphatic hydroxyl groups excluding tert-OH is 1. The van der Waals surface area contributed by atoms with Gasteiger partial charge in [0.15, 0.2) is 0 Å². The zero-order valence-corrected chi connectivity index (χ0v) is 7.43. The van der Waals surface area contributed by atoms with E-state index in [1.54, 1.807) is 6.92 Å². The van der Waals surface area contributed by atoms with Gasteiger partial charge < -0.3 is 14.4 Å². The van der Waals surface area contributed by atoms with E-state index in [-0.39, 0.29) is 12.0 Å². The van der Waals surface area contributed by atoms with Crippen molar-refractivity contribution in [3.8, 4) is 0 Å². The molecule has 0 bridgehead atoms. The van der Waals surface area contributed by atoms with Crippen molar-refractivity contribution in [1.29, 1.82) is 0 Å². The molecule has 0 aliphatic carbocycles. The van der Waals surface area contributed by atoms with Gasteiger partial charge in [0.05, 0.1) is 0 Å². The van der Waals surface area contributed by atoms with E-state index >= 15 is 0 Å². The van der Waals surface area contributed by atoms with Crippen molar-refractivity contribution >= 4 is 0 Å². The quantitative estimate of drug-likeness (QED) is 0.741. The van der Waals surface area contributed by atoms with Crippen LogP contribution in [0.3, 0.4) is 0 Å². The zero-order chi connectivity index (χ0) is 9.26. The Morgan fingerprint density at radius 3 is 3.00 bits per heavy atom. The molecule has 2 heterocycles. The summed E-state index contributed by atoms with van der Waals surface area (Å²) in [6.07, 6.45) is 1.21. The van der Waals surface area contributed by atoms with Gasteiger partial charge in [-0.05, 0) is 19.8 Å². The van der Waals surface area contributed by atoms with Gasteiger partial charge in [-0.2, -0.15) is 4.98 Å². The third-order valence-electron chi connectivity index (χ3n) is 2.03. The Labute approximate surface area is 75.7 Å². The van der Waals surface area contributed by atoms with Crippen LogP contribution in [0.25, 0.3) is 0 Å². The summed E-state index contributed by atoms with van der Waals surface area (Å²) >= 11 is 0. The molecule has 0 aromatic carbocycles. The SMILES string of the molecule is C[C@H](O)c1nc(C2CCCO2)no1. The van der Waals surface area contributed by atoms with Crippen LogP contribution in [-0.2, 0) is 4.74 Å². The van der Waals surface area contributed by atoms with Gasteiger partial charge in [0, 0.05) is 6.61 Å². The highest BCUT2D eigenvalue weighted by Gasteiger charge is 2.23. The van der Waals surface area contributed by atoms with Crippen LogP contribution in [0.4, 0.5) is 0 Å². The van der Waals surface area contributed by atoms with Crippen molar-refractivity contribution < 1.29 is 14.4 Å². The number of nitrogens with zero attached hydrogens (tertiary/aromatic N) is 2. The van der Waals surface area contributed by atoms with Crippen molar-refractivity contribution in [3.05, 3.63) is 11.7 Å². The molecule has 2 rings (SSSR count). The highest BCUT2D eigenvalue weighted by atomic mass is 16.5. The average Bonchev–Trinajstić information content (AvgIpc) is 2.75. The molecule has 5 heteroatoms. The summed E-state index contributed by atoms with van der Waals surface area (Å²) in [6.45, 7) is 2.34. The van der Waals surface area contributed by atoms with Crippen LogP contribution < -0.4 is 0 Å². The predicted octanol–water partition coefficient (Wildman–Crippen LogP) is 0.974. The molecule has 2 atom stereocenters. The maximum absolute atomic E-state index is 9.14. The molecule has 0 spiro atoms. The van der Waals surface area contributed by atoms with Gasteiger partial charge >= 0.3 is 0 Å². The Morgan fingerprint density at radius 2 is 2.46 bits per heavy atom. The summed E-state index contributed by atoms with van der Waals surface area (Å²) in [5.74, 6) is 0.805. The molecule has 1 aromatic rings. The Kier molecular flexibility index (Phi) is 2.28. The molecule has 1 aromatic heterocycles. The van der Waals surface area contributed by atoms with E-state index in [1.807, 2.05) is 0 Å². The summed E-state index contributed by atoms with van der Waals surface area (Å²) in [5.41, 5.74) is 0. The molecule has 0 radical (unpaired) electrons. The fourth-order valence-corrected chi connectivity index (χ4v) is 1.33. The van der Waals surface area contributed by atoms with E-state index < -0.39 is 6.10 Å². The third-order valence-corrected chi connectivity index (χ3v) is 2.03. The number of aliphatic hydroxyl groups is 1. The van der Waals surface area contributed by atoms with Crippen molar-refractivity contribution in [2.24, 2.45) is 0 Å². The van der Waals surface area contributed by atoms with Crippen LogP contribution in [0.15, 0.2) is 4.52 Å². The van der Waals surface area contributed by atoms with E-state index in [9.17, 15) is 0 Å². The molecule has 1 unspecified atom stereocenters. The van der Waals surface area contributed by atoms with Crippen LogP contribution in [-0.4, -0.2) is 21.9 Å². The lowest BCUT2D eigenvalue weighted by atomic mass is 10.2. The second-order valence-electron chi connectivity index (χ2n) is 3.17. The fourth-order valence-electron chi connectivity index (χ4n) is 1.33. The lowest BCUT2D eigenvalue weighted by Crippen LogP contribution is -1.99. The van der Waals surface area contributed by atoms with Gasteiger partial charge in [-0.25, -0.2) is 0 Å². The van der Waals surface area contributed by atoms with Crippen LogP contribution in [0.5, 0.6) is 0 Å². The van der Waals surface area contributed by atoms with E-state index in [0.717, 1.165) is 19.4 Å². The molecule has 13 heavy (non-hydrogen) atoms. The molecule has 0 saturated carbocycles. The van der Waals surface area contributed by atoms with Crippen LogP contribution in [0, 0.1) is 0 Å². The highest BCUT2D eigenvalue weighted by Crippen LogP contribution is 2.26. The largest absolute Gasteiger partial charge is 0.384 e. The minimum atomic E-state index is -0.706. The van der Waals surface area contributed by atoms with Gasteiger partial charge in [0.2, 0.25) is 5.82 Å². The molecule has 72 valence electrons. The van der Waals surface area contributed by atoms with Crippen molar-refractivity contribution in [3.63, 3.8) is 0 Å². The number of rotatable bonds is 2. The maximum atomic E-state index is 9.14. The smallest absolute Gasteiger partial charge is 0.255 e. The van der Waals surface area contributed by atoms with Gasteiger partial charge in [-0.1, -0.05) is 5.16 Å². The van der Waals surface area contributed by atoms with Gasteiger partial charge in [0.1, 0.15) is 12.2 Å². The average molecular weight is 184 g/mol. The molecule has 1 fully saturated rings. The molecule has 1 N–H and O–H groups in total. The van der Waals surface area contributed by atoms with Gasteiger partial charge in [-0.3, -0.25) is 0 Å². The Balaban J connectivity index is 2.12. The first-order chi connectivity index (χ1) is 6.27. The van der Waals surface area contributed by atoms with Crippen molar-refractivity contribution in [1.82, 2.24) is 10.1 Å². The van der Waals surface area contributed by atoms with E-state index in [0.29, 0.717) is 5.82 Å². The van der Waals surface area contributed by atoms with Gasteiger partial charge in [0.25, 0.3) is 5.89 Å². The topological polar surface area (TPSA) is 68.4 Å². The van der Waals surface area contributed by atoms with Crippen LogP contribution in [0.1, 0.15) is 43.7 Å². The predicted molar refractivity (Wildman–Crippen MR) is 42.9 cm³/mol. The Morgan fingerprint density at radius 1 is 1.62 bits per heavy atom. The number of hydrogen-bond acceptors (Lipinski definition) is 5. The first kappa shape index (κ1) is 8.65. The summed E-state index contributed by atoms with van der Waals surface area (Å²) in [5, 5.41) is 12.9. The molecule has 1 aliphatic rings. The van der Waals surface area contributed by atoms with E-state index in [2.05, 4.69) is 10.1 Å². The first-order valence-electron chi connectivity index (χ1n) is 4.40. The van der Waals surface area contributed by atoms with E-state index in [1.165, 1.54) is 0 Å². The Hall–Kier alpha value is -0.940. The van der Waals surface area contributed by atoms with Crippen LogP contribution >= 0.6 is 0 Å².